The molecule has 5 nitrogen and oxygen atoms in total. The van der Waals surface area contributed by atoms with E-state index in [1.165, 1.54) is 6.42 Å². The highest BCUT2D eigenvalue weighted by Crippen LogP contribution is 2.00. The van der Waals surface area contributed by atoms with Crippen LogP contribution in [-0.2, 0) is 20.9 Å². The van der Waals surface area contributed by atoms with Gasteiger partial charge in [0.05, 0.1) is 6.04 Å². The van der Waals surface area contributed by atoms with Gasteiger partial charge in [-0.25, -0.2) is 0 Å². The molecular weight excluding hydrogens is 304 g/mol. The summed E-state index contributed by atoms with van der Waals surface area (Å²) >= 11 is 0. The highest BCUT2D eigenvalue weighted by Gasteiger charge is 2.09. The monoisotopic (exact) mass is 340 g/mol. The summed E-state index contributed by atoms with van der Waals surface area (Å²) in [5.74, 6) is -0.857. The lowest BCUT2D eigenvalue weighted by Crippen LogP contribution is -2.41. The number of rotatable bonds is 5. The Morgan fingerprint density at radius 3 is 1.96 bits per heavy atom. The lowest BCUT2D eigenvalue weighted by molar-refractivity contribution is -0.145. The van der Waals surface area contributed by atoms with Crippen molar-refractivity contribution in [3.8, 4) is 0 Å². The first kappa shape index (κ1) is 27.0. The summed E-state index contributed by atoms with van der Waals surface area (Å²) in [5.41, 5.74) is 6.23. The van der Waals surface area contributed by atoms with E-state index in [1.807, 2.05) is 58.0 Å². The third kappa shape index (κ3) is 18.2. The normalized spacial score (nSPS) is 9.50. The number of benzene rings is 1. The van der Waals surface area contributed by atoms with Crippen LogP contribution in [0.4, 0.5) is 0 Å². The highest BCUT2D eigenvalue weighted by atomic mass is 16.5. The van der Waals surface area contributed by atoms with Crippen LogP contribution in [0.25, 0.3) is 0 Å². The zero-order valence-electron chi connectivity index (χ0n) is 16.4. The van der Waals surface area contributed by atoms with Crippen molar-refractivity contribution in [3.05, 3.63) is 35.9 Å². The molecule has 0 aliphatic rings. The van der Waals surface area contributed by atoms with E-state index < -0.39 is 12.0 Å². The van der Waals surface area contributed by atoms with Gasteiger partial charge in [-0.05, 0) is 12.5 Å². The van der Waals surface area contributed by atoms with E-state index in [-0.39, 0.29) is 19.1 Å². The van der Waals surface area contributed by atoms with Gasteiger partial charge in [-0.3, -0.25) is 9.59 Å². The second-order valence-electron chi connectivity index (χ2n) is 4.36. The summed E-state index contributed by atoms with van der Waals surface area (Å²) in [6.45, 7) is 13.8. The largest absolute Gasteiger partial charge is 0.460 e. The summed E-state index contributed by atoms with van der Waals surface area (Å²) < 4.78 is 4.96. The van der Waals surface area contributed by atoms with Crippen molar-refractivity contribution in [2.24, 2.45) is 5.73 Å². The Hall–Kier alpha value is -1.88. The minimum absolute atomic E-state index is 0.160. The zero-order valence-corrected chi connectivity index (χ0v) is 16.4. The zero-order chi connectivity index (χ0) is 19.4. The van der Waals surface area contributed by atoms with E-state index in [1.54, 1.807) is 6.92 Å². The van der Waals surface area contributed by atoms with Crippen molar-refractivity contribution in [2.45, 2.75) is 67.5 Å². The van der Waals surface area contributed by atoms with Gasteiger partial charge in [-0.15, -0.1) is 0 Å². The molecule has 5 heteroatoms. The van der Waals surface area contributed by atoms with Gasteiger partial charge in [-0.1, -0.05) is 78.3 Å². The van der Waals surface area contributed by atoms with Crippen molar-refractivity contribution in [1.82, 2.24) is 5.32 Å². The highest BCUT2D eigenvalue weighted by molar-refractivity contribution is 5.85. The minimum atomic E-state index is -0.628. The predicted octanol–water partition coefficient (Wildman–Crippen LogP) is 3.66. The molecule has 140 valence electrons. The molecule has 0 saturated heterocycles. The van der Waals surface area contributed by atoms with Crippen LogP contribution in [0.5, 0.6) is 0 Å². The van der Waals surface area contributed by atoms with Crippen molar-refractivity contribution in [2.75, 3.05) is 6.54 Å². The number of hydrogen-bond acceptors (Lipinski definition) is 4. The fraction of sp³-hybridized carbons (Fsp3) is 0.579. The number of esters is 1. The fourth-order valence-electron chi connectivity index (χ4n) is 1.11. The van der Waals surface area contributed by atoms with E-state index >= 15 is 0 Å². The van der Waals surface area contributed by atoms with Crippen LogP contribution < -0.4 is 11.1 Å². The van der Waals surface area contributed by atoms with Crippen LogP contribution in [0, 0.1) is 0 Å². The fourth-order valence-corrected chi connectivity index (χ4v) is 1.11. The van der Waals surface area contributed by atoms with Gasteiger partial charge in [0.25, 0.3) is 0 Å². The second-order valence-corrected chi connectivity index (χ2v) is 4.36. The third-order valence-electron chi connectivity index (χ3n) is 2.06. The summed E-state index contributed by atoms with van der Waals surface area (Å²) in [6, 6.07) is 8.69. The van der Waals surface area contributed by atoms with Crippen molar-refractivity contribution >= 4 is 11.9 Å². The average Bonchev–Trinajstić information content (AvgIpc) is 2.62. The molecule has 0 bridgehead atoms. The first-order valence-electron chi connectivity index (χ1n) is 8.74. The third-order valence-corrected chi connectivity index (χ3v) is 2.06. The Balaban J connectivity index is -0.000000549. The van der Waals surface area contributed by atoms with Crippen LogP contribution in [-0.4, -0.2) is 24.5 Å². The molecule has 0 heterocycles. The van der Waals surface area contributed by atoms with Crippen LogP contribution in [0.2, 0.25) is 0 Å². The number of ether oxygens (including phenoxy) is 1. The Bertz CT molecular complexity index is 393. The van der Waals surface area contributed by atoms with Crippen LogP contribution in [0.15, 0.2) is 30.3 Å². The number of carbonyl (C=O) groups is 2. The van der Waals surface area contributed by atoms with Crippen molar-refractivity contribution in [3.63, 3.8) is 0 Å². The van der Waals surface area contributed by atoms with Gasteiger partial charge in [0, 0.05) is 0 Å². The van der Waals surface area contributed by atoms with E-state index in [2.05, 4.69) is 19.2 Å². The Morgan fingerprint density at radius 1 is 1.08 bits per heavy atom. The first-order chi connectivity index (χ1) is 11.5. The Kier molecular flexibility index (Phi) is 23.8. The van der Waals surface area contributed by atoms with E-state index in [4.69, 9.17) is 10.5 Å². The van der Waals surface area contributed by atoms with Gasteiger partial charge >= 0.3 is 5.97 Å². The first-order valence-corrected chi connectivity index (χ1v) is 8.74. The predicted molar refractivity (Wildman–Crippen MR) is 102 cm³/mol. The minimum Gasteiger partial charge on any atom is -0.460 e. The SMILES string of the molecule is CC.CC.CC(N)C(=O)NCC(=O)OCc1ccccc1.CCC. The van der Waals surface area contributed by atoms with Gasteiger partial charge in [0.1, 0.15) is 13.2 Å². The smallest absolute Gasteiger partial charge is 0.325 e. The molecule has 0 saturated carbocycles. The van der Waals surface area contributed by atoms with Crippen molar-refractivity contribution < 1.29 is 14.3 Å². The maximum Gasteiger partial charge on any atom is 0.325 e. The summed E-state index contributed by atoms with van der Waals surface area (Å²) in [5, 5.41) is 2.38. The molecule has 1 rings (SSSR count). The molecule has 0 aliphatic heterocycles. The summed E-state index contributed by atoms with van der Waals surface area (Å²) in [6.07, 6.45) is 1.25. The summed E-state index contributed by atoms with van der Waals surface area (Å²) in [7, 11) is 0. The standard InChI is InChI=1S/C12H16N2O3.C3H8.2C2H6/c1-9(13)12(16)14-7-11(15)17-8-10-5-3-2-4-6-10;1-3-2;2*1-2/h2-6,9H,7-8,13H2,1H3,(H,14,16);3H2,1-2H3;2*1-2H3. The molecule has 0 aliphatic carbocycles. The number of amides is 1. The molecule has 1 aromatic carbocycles. The molecule has 0 spiro atoms. The number of nitrogens with one attached hydrogen (secondary N) is 1. The molecule has 3 N–H and O–H groups in total. The summed E-state index contributed by atoms with van der Waals surface area (Å²) in [4.78, 5) is 22.3. The number of carbonyl (C=O) groups excluding carboxylic acids is 2. The average molecular weight is 341 g/mol. The molecule has 0 fully saturated rings. The molecule has 1 amide bonds. The van der Waals surface area contributed by atoms with Crippen LogP contribution >= 0.6 is 0 Å². The topological polar surface area (TPSA) is 81.4 Å². The molecule has 0 aromatic heterocycles. The molecule has 1 unspecified atom stereocenters. The van der Waals surface area contributed by atoms with E-state index in [0.717, 1.165) is 5.56 Å². The molecule has 1 aromatic rings. The van der Waals surface area contributed by atoms with Gasteiger partial charge in [-0.2, -0.15) is 0 Å². The van der Waals surface area contributed by atoms with Gasteiger partial charge in [0.2, 0.25) is 5.91 Å². The van der Waals surface area contributed by atoms with Gasteiger partial charge < -0.3 is 15.8 Å². The second kappa shape index (κ2) is 21.1. The van der Waals surface area contributed by atoms with E-state index in [9.17, 15) is 9.59 Å². The number of nitrogens with two attached hydrogens (primary N) is 1. The molecule has 1 atom stereocenters. The maximum atomic E-state index is 11.3. The quantitative estimate of drug-likeness (QED) is 0.801. The molecule has 0 radical (unpaired) electrons. The van der Waals surface area contributed by atoms with E-state index in [0.29, 0.717) is 0 Å². The molecule has 24 heavy (non-hydrogen) atoms. The van der Waals surface area contributed by atoms with Gasteiger partial charge in [0.15, 0.2) is 0 Å². The molecular formula is C19H36N2O3. The van der Waals surface area contributed by atoms with Crippen LogP contribution in [0.3, 0.4) is 0 Å². The van der Waals surface area contributed by atoms with Crippen molar-refractivity contribution in [1.29, 1.82) is 0 Å². The number of hydrogen-bond donors (Lipinski definition) is 2. The maximum absolute atomic E-state index is 11.3. The van der Waals surface area contributed by atoms with Crippen LogP contribution in [0.1, 0.15) is 60.5 Å². The lowest BCUT2D eigenvalue weighted by Gasteiger charge is -2.08. The Morgan fingerprint density at radius 2 is 1.54 bits per heavy atom. The lowest BCUT2D eigenvalue weighted by atomic mass is 10.2. The Labute approximate surface area is 148 Å².